The first-order valence-corrected chi connectivity index (χ1v) is 10.7. The smallest absolute Gasteiger partial charge is 0.255 e. The van der Waals surface area contributed by atoms with Gasteiger partial charge in [0.05, 0.1) is 10.5 Å². The Bertz CT molecular complexity index is 702. The van der Waals surface area contributed by atoms with Crippen molar-refractivity contribution in [3.05, 3.63) is 28.2 Å². The summed E-state index contributed by atoms with van der Waals surface area (Å²) in [6.45, 7) is 7.47. The second-order valence-corrected chi connectivity index (χ2v) is 8.82. The molecule has 0 radical (unpaired) electrons. The van der Waals surface area contributed by atoms with Crippen molar-refractivity contribution in [3.63, 3.8) is 0 Å². The lowest BCUT2D eigenvalue weighted by Gasteiger charge is -2.32. The zero-order valence-corrected chi connectivity index (χ0v) is 16.9. The molecular weight excluding hydrogens is 392 g/mol. The maximum absolute atomic E-state index is 13.0. The molecule has 1 aliphatic heterocycles. The van der Waals surface area contributed by atoms with Crippen LogP contribution in [0.1, 0.15) is 50.4 Å². The van der Waals surface area contributed by atoms with Gasteiger partial charge in [-0.05, 0) is 67.7 Å². The molecule has 134 valence electrons. The molecule has 1 heterocycles. The van der Waals surface area contributed by atoms with Crippen molar-refractivity contribution in [1.29, 1.82) is 0 Å². The third kappa shape index (κ3) is 3.83. The highest BCUT2D eigenvalue weighted by atomic mass is 79.9. The van der Waals surface area contributed by atoms with E-state index in [1.54, 1.807) is 21.3 Å². The topological polar surface area (TPSA) is 57.7 Å². The summed E-state index contributed by atoms with van der Waals surface area (Å²) in [6, 6.07) is 4.72. The minimum atomic E-state index is -3.58. The number of carbonyl (C=O) groups excluding carboxylic acids is 1. The van der Waals surface area contributed by atoms with Crippen LogP contribution in [0.3, 0.4) is 0 Å². The van der Waals surface area contributed by atoms with Gasteiger partial charge in [-0.3, -0.25) is 4.79 Å². The number of sulfonamides is 1. The standard InChI is InChI=1S/C17H25BrN2O3S/c1-4-19(5-2)17(21)15-12-14(9-10-16(15)18)24(22,23)20-11-7-6-8-13(20)3/h9-10,12-13H,4-8,11H2,1-3H3/t13-/m1/s1. The van der Waals surface area contributed by atoms with Crippen LogP contribution in [0.15, 0.2) is 27.6 Å². The number of halogens is 1. The number of piperidine rings is 1. The Labute approximate surface area is 153 Å². The molecule has 5 nitrogen and oxygen atoms in total. The monoisotopic (exact) mass is 416 g/mol. The highest BCUT2D eigenvalue weighted by Gasteiger charge is 2.31. The zero-order valence-electron chi connectivity index (χ0n) is 14.5. The fourth-order valence-corrected chi connectivity index (χ4v) is 5.22. The summed E-state index contributed by atoms with van der Waals surface area (Å²) in [5.41, 5.74) is 0.393. The van der Waals surface area contributed by atoms with Crippen LogP contribution in [-0.2, 0) is 10.0 Å². The third-order valence-corrected chi connectivity index (χ3v) is 7.27. The van der Waals surface area contributed by atoms with E-state index in [0.717, 1.165) is 19.3 Å². The van der Waals surface area contributed by atoms with Crippen molar-refractivity contribution >= 4 is 31.9 Å². The maximum atomic E-state index is 13.0. The minimum absolute atomic E-state index is 0.00525. The van der Waals surface area contributed by atoms with Crippen LogP contribution in [0.2, 0.25) is 0 Å². The molecular formula is C17H25BrN2O3S. The average molecular weight is 417 g/mol. The lowest BCUT2D eigenvalue weighted by Crippen LogP contribution is -2.42. The second-order valence-electron chi connectivity index (χ2n) is 6.08. The van der Waals surface area contributed by atoms with Crippen LogP contribution < -0.4 is 0 Å². The maximum Gasteiger partial charge on any atom is 0.255 e. The van der Waals surface area contributed by atoms with E-state index in [1.807, 2.05) is 20.8 Å². The molecule has 1 aromatic carbocycles. The van der Waals surface area contributed by atoms with Gasteiger partial charge in [-0.2, -0.15) is 4.31 Å². The second kappa shape index (κ2) is 7.97. The summed E-state index contributed by atoms with van der Waals surface area (Å²) in [4.78, 5) is 14.5. The number of benzene rings is 1. The van der Waals surface area contributed by atoms with Crippen LogP contribution in [0, 0.1) is 0 Å². The van der Waals surface area contributed by atoms with Crippen molar-refractivity contribution in [1.82, 2.24) is 9.21 Å². The molecule has 1 aliphatic rings. The van der Waals surface area contributed by atoms with Crippen molar-refractivity contribution in [2.45, 2.75) is 51.0 Å². The van der Waals surface area contributed by atoms with Crippen LogP contribution in [0.4, 0.5) is 0 Å². The quantitative estimate of drug-likeness (QED) is 0.737. The van der Waals surface area contributed by atoms with E-state index >= 15 is 0 Å². The van der Waals surface area contributed by atoms with E-state index < -0.39 is 10.0 Å². The molecule has 1 atom stereocenters. The molecule has 2 rings (SSSR count). The van der Waals surface area contributed by atoms with Crippen LogP contribution in [0.25, 0.3) is 0 Å². The van der Waals surface area contributed by atoms with Gasteiger partial charge < -0.3 is 4.90 Å². The van der Waals surface area contributed by atoms with Gasteiger partial charge in [-0.25, -0.2) is 8.42 Å². The molecule has 0 aromatic heterocycles. The fourth-order valence-electron chi connectivity index (χ4n) is 3.07. The lowest BCUT2D eigenvalue weighted by atomic mass is 10.1. The molecule has 0 N–H and O–H groups in total. The molecule has 0 bridgehead atoms. The summed E-state index contributed by atoms with van der Waals surface area (Å²) in [5.74, 6) is -0.157. The van der Waals surface area contributed by atoms with Gasteiger partial charge in [0.15, 0.2) is 0 Å². The Kier molecular flexibility index (Phi) is 6.45. The third-order valence-electron chi connectivity index (χ3n) is 4.57. The number of hydrogen-bond acceptors (Lipinski definition) is 3. The van der Waals surface area contributed by atoms with Crippen molar-refractivity contribution in [2.75, 3.05) is 19.6 Å². The SMILES string of the molecule is CCN(CC)C(=O)c1cc(S(=O)(=O)N2CCCC[C@H]2C)ccc1Br. The Morgan fingerprint density at radius 2 is 1.96 bits per heavy atom. The number of amides is 1. The molecule has 0 aliphatic carbocycles. The minimum Gasteiger partial charge on any atom is -0.339 e. The van der Waals surface area contributed by atoms with E-state index in [9.17, 15) is 13.2 Å². The first-order valence-electron chi connectivity index (χ1n) is 8.43. The van der Waals surface area contributed by atoms with E-state index in [0.29, 0.717) is 29.7 Å². The van der Waals surface area contributed by atoms with Gasteiger partial charge in [0, 0.05) is 30.1 Å². The van der Waals surface area contributed by atoms with Crippen molar-refractivity contribution in [2.24, 2.45) is 0 Å². The number of hydrogen-bond donors (Lipinski definition) is 0. The molecule has 7 heteroatoms. The normalized spacial score (nSPS) is 19.2. The predicted molar refractivity (Wildman–Crippen MR) is 98.6 cm³/mol. The summed E-state index contributed by atoms with van der Waals surface area (Å²) >= 11 is 3.38. The first-order chi connectivity index (χ1) is 11.3. The Morgan fingerprint density at radius 3 is 2.54 bits per heavy atom. The number of rotatable bonds is 5. The Hall–Kier alpha value is -0.920. The molecule has 0 unspecified atom stereocenters. The highest BCUT2D eigenvalue weighted by Crippen LogP contribution is 2.28. The predicted octanol–water partition coefficient (Wildman–Crippen LogP) is 3.49. The molecule has 0 saturated carbocycles. The number of nitrogens with zero attached hydrogens (tertiary/aromatic N) is 2. The van der Waals surface area contributed by atoms with Gasteiger partial charge in [0.2, 0.25) is 10.0 Å². The van der Waals surface area contributed by atoms with Gasteiger partial charge >= 0.3 is 0 Å². The molecule has 1 saturated heterocycles. The summed E-state index contributed by atoms with van der Waals surface area (Å²) < 4.78 is 28.1. The van der Waals surface area contributed by atoms with Gasteiger partial charge in [-0.15, -0.1) is 0 Å². The lowest BCUT2D eigenvalue weighted by molar-refractivity contribution is 0.0772. The highest BCUT2D eigenvalue weighted by molar-refractivity contribution is 9.10. The molecule has 1 aromatic rings. The fraction of sp³-hybridized carbons (Fsp3) is 0.588. The average Bonchev–Trinajstić information content (AvgIpc) is 2.56. The largest absolute Gasteiger partial charge is 0.339 e. The van der Waals surface area contributed by atoms with Gasteiger partial charge in [0.1, 0.15) is 0 Å². The van der Waals surface area contributed by atoms with Crippen LogP contribution >= 0.6 is 15.9 Å². The summed E-state index contributed by atoms with van der Waals surface area (Å²) in [5, 5.41) is 0. The van der Waals surface area contributed by atoms with Crippen molar-refractivity contribution in [3.8, 4) is 0 Å². The first kappa shape index (κ1) is 19.4. The van der Waals surface area contributed by atoms with Gasteiger partial charge in [0.25, 0.3) is 5.91 Å². The molecule has 1 fully saturated rings. The van der Waals surface area contributed by atoms with Crippen molar-refractivity contribution < 1.29 is 13.2 Å². The Balaban J connectivity index is 2.41. The molecule has 24 heavy (non-hydrogen) atoms. The van der Waals surface area contributed by atoms with E-state index in [1.165, 1.54) is 6.07 Å². The zero-order chi connectivity index (χ0) is 17.9. The molecule has 0 spiro atoms. The Morgan fingerprint density at radius 1 is 1.29 bits per heavy atom. The van der Waals surface area contributed by atoms with E-state index in [2.05, 4.69) is 15.9 Å². The van der Waals surface area contributed by atoms with E-state index in [4.69, 9.17) is 0 Å². The van der Waals surface area contributed by atoms with E-state index in [-0.39, 0.29) is 16.8 Å². The van der Waals surface area contributed by atoms with Crippen LogP contribution in [-0.4, -0.2) is 49.2 Å². The summed E-state index contributed by atoms with van der Waals surface area (Å²) in [6.07, 6.45) is 2.81. The summed E-state index contributed by atoms with van der Waals surface area (Å²) in [7, 11) is -3.58. The van der Waals surface area contributed by atoms with Crippen LogP contribution in [0.5, 0.6) is 0 Å². The number of carbonyl (C=O) groups is 1. The molecule has 1 amide bonds. The van der Waals surface area contributed by atoms with Gasteiger partial charge in [-0.1, -0.05) is 6.42 Å².